The molecule has 2 aromatic heterocycles. The van der Waals surface area contributed by atoms with Crippen LogP contribution in [0, 0.1) is 13.8 Å². The van der Waals surface area contributed by atoms with Crippen molar-refractivity contribution in [2.45, 2.75) is 32.6 Å². The molecule has 1 aliphatic rings. The molecule has 0 bridgehead atoms. The number of hydrogen-bond donors (Lipinski definition) is 1. The molecule has 1 saturated heterocycles. The number of aromatic nitrogens is 4. The van der Waals surface area contributed by atoms with E-state index in [2.05, 4.69) is 30.2 Å². The molecule has 0 spiro atoms. The molecule has 22 heavy (non-hydrogen) atoms. The maximum Gasteiger partial charge on any atom is 0.135 e. The van der Waals surface area contributed by atoms with Crippen molar-refractivity contribution in [3.63, 3.8) is 0 Å². The molecule has 3 rings (SSSR count). The Balaban J connectivity index is 1.82. The summed E-state index contributed by atoms with van der Waals surface area (Å²) >= 11 is 0. The van der Waals surface area contributed by atoms with Gasteiger partial charge in [0.2, 0.25) is 0 Å². The maximum atomic E-state index is 4.64. The van der Waals surface area contributed by atoms with Crippen LogP contribution in [0.5, 0.6) is 0 Å². The second kappa shape index (κ2) is 6.25. The second-order valence-corrected chi connectivity index (χ2v) is 5.81. The molecule has 6 heteroatoms. The van der Waals surface area contributed by atoms with Gasteiger partial charge in [0.25, 0.3) is 0 Å². The van der Waals surface area contributed by atoms with Crippen molar-refractivity contribution in [3.8, 4) is 0 Å². The Kier molecular flexibility index (Phi) is 4.18. The van der Waals surface area contributed by atoms with Crippen LogP contribution in [0.1, 0.15) is 36.0 Å². The molecule has 2 aromatic rings. The lowest BCUT2D eigenvalue weighted by Gasteiger charge is -2.33. The minimum atomic E-state index is 0.344. The standard InChI is InChI=1S/C16H22N6/c1-11-8-15(19-10-18-11)22-6-4-5-13(9-22)16-20-12(2)7-14(17-3)21-16/h7-8,10,13H,4-6,9H2,1-3H3,(H,17,20,21)/t13-/m0/s1. The summed E-state index contributed by atoms with van der Waals surface area (Å²) in [5.41, 5.74) is 2.00. The monoisotopic (exact) mass is 298 g/mol. The molecule has 0 saturated carbocycles. The van der Waals surface area contributed by atoms with Crippen molar-refractivity contribution >= 4 is 11.6 Å². The van der Waals surface area contributed by atoms with Gasteiger partial charge in [0, 0.05) is 49.6 Å². The van der Waals surface area contributed by atoms with E-state index in [0.29, 0.717) is 5.92 Å². The first kappa shape index (κ1) is 14.7. The highest BCUT2D eigenvalue weighted by Gasteiger charge is 2.25. The van der Waals surface area contributed by atoms with E-state index in [-0.39, 0.29) is 0 Å². The van der Waals surface area contributed by atoms with E-state index >= 15 is 0 Å². The van der Waals surface area contributed by atoms with Crippen LogP contribution in [-0.4, -0.2) is 40.1 Å². The molecule has 0 amide bonds. The molecular weight excluding hydrogens is 276 g/mol. The zero-order valence-corrected chi connectivity index (χ0v) is 13.4. The average Bonchev–Trinajstić information content (AvgIpc) is 2.54. The number of nitrogens with zero attached hydrogens (tertiary/aromatic N) is 5. The largest absolute Gasteiger partial charge is 0.373 e. The molecule has 0 unspecified atom stereocenters. The Labute approximate surface area is 131 Å². The summed E-state index contributed by atoms with van der Waals surface area (Å²) in [4.78, 5) is 20.2. The Morgan fingerprint density at radius 2 is 2.00 bits per heavy atom. The third kappa shape index (κ3) is 3.16. The fourth-order valence-corrected chi connectivity index (χ4v) is 2.91. The van der Waals surface area contributed by atoms with Crippen LogP contribution in [0.25, 0.3) is 0 Å². The number of nitrogens with one attached hydrogen (secondary N) is 1. The lowest BCUT2D eigenvalue weighted by Crippen LogP contribution is -2.35. The van der Waals surface area contributed by atoms with Crippen LogP contribution < -0.4 is 10.2 Å². The predicted molar refractivity (Wildman–Crippen MR) is 87.3 cm³/mol. The SMILES string of the molecule is CNc1cc(C)nc([C@H]2CCCN(c3cc(C)ncn3)C2)n1. The number of aryl methyl sites for hydroxylation is 2. The summed E-state index contributed by atoms with van der Waals surface area (Å²) in [7, 11) is 1.89. The van der Waals surface area contributed by atoms with Gasteiger partial charge in [0.1, 0.15) is 23.8 Å². The van der Waals surface area contributed by atoms with Crippen LogP contribution in [0.15, 0.2) is 18.5 Å². The van der Waals surface area contributed by atoms with Crippen molar-refractivity contribution < 1.29 is 0 Å². The Bertz CT molecular complexity index is 657. The zero-order valence-electron chi connectivity index (χ0n) is 13.4. The van der Waals surface area contributed by atoms with Gasteiger partial charge < -0.3 is 10.2 Å². The van der Waals surface area contributed by atoms with Gasteiger partial charge in [-0.2, -0.15) is 0 Å². The van der Waals surface area contributed by atoms with E-state index in [9.17, 15) is 0 Å². The van der Waals surface area contributed by atoms with Gasteiger partial charge in [-0.3, -0.25) is 0 Å². The highest BCUT2D eigenvalue weighted by atomic mass is 15.2. The van der Waals surface area contributed by atoms with Gasteiger partial charge >= 0.3 is 0 Å². The number of piperidine rings is 1. The first-order valence-electron chi connectivity index (χ1n) is 7.72. The Hall–Kier alpha value is -2.24. The molecule has 0 radical (unpaired) electrons. The van der Waals surface area contributed by atoms with E-state index in [1.807, 2.05) is 33.0 Å². The summed E-state index contributed by atoms with van der Waals surface area (Å²) in [5, 5.41) is 3.11. The number of hydrogen-bond acceptors (Lipinski definition) is 6. The van der Waals surface area contributed by atoms with Crippen LogP contribution in [0.2, 0.25) is 0 Å². The lowest BCUT2D eigenvalue weighted by atomic mass is 9.97. The molecule has 1 aliphatic heterocycles. The third-order valence-electron chi connectivity index (χ3n) is 4.03. The van der Waals surface area contributed by atoms with E-state index < -0.39 is 0 Å². The molecular formula is C16H22N6. The van der Waals surface area contributed by atoms with Crippen molar-refractivity contribution in [3.05, 3.63) is 35.7 Å². The summed E-state index contributed by atoms with van der Waals surface area (Å²) in [5.74, 6) is 3.16. The first-order chi connectivity index (χ1) is 10.7. The van der Waals surface area contributed by atoms with Crippen LogP contribution in [-0.2, 0) is 0 Å². The molecule has 3 heterocycles. The molecule has 6 nitrogen and oxygen atoms in total. The maximum absolute atomic E-state index is 4.64. The minimum Gasteiger partial charge on any atom is -0.373 e. The second-order valence-electron chi connectivity index (χ2n) is 5.81. The van der Waals surface area contributed by atoms with Crippen molar-refractivity contribution in [1.82, 2.24) is 19.9 Å². The Morgan fingerprint density at radius 3 is 2.77 bits per heavy atom. The minimum absolute atomic E-state index is 0.344. The van der Waals surface area contributed by atoms with Gasteiger partial charge in [0.05, 0.1) is 0 Å². The fourth-order valence-electron chi connectivity index (χ4n) is 2.91. The van der Waals surface area contributed by atoms with Crippen LogP contribution in [0.4, 0.5) is 11.6 Å². The fraction of sp³-hybridized carbons (Fsp3) is 0.500. The van der Waals surface area contributed by atoms with Crippen molar-refractivity contribution in [1.29, 1.82) is 0 Å². The highest BCUT2D eigenvalue weighted by Crippen LogP contribution is 2.28. The lowest BCUT2D eigenvalue weighted by molar-refractivity contribution is 0.488. The number of rotatable bonds is 3. The first-order valence-corrected chi connectivity index (χ1v) is 7.72. The summed E-state index contributed by atoms with van der Waals surface area (Å²) in [6.45, 7) is 5.94. The summed E-state index contributed by atoms with van der Waals surface area (Å²) < 4.78 is 0. The van der Waals surface area contributed by atoms with Gasteiger partial charge in [-0.15, -0.1) is 0 Å². The van der Waals surface area contributed by atoms with Gasteiger partial charge in [0.15, 0.2) is 0 Å². The molecule has 1 N–H and O–H groups in total. The van der Waals surface area contributed by atoms with Crippen molar-refractivity contribution in [2.75, 3.05) is 30.4 Å². The third-order valence-corrected chi connectivity index (χ3v) is 4.03. The smallest absolute Gasteiger partial charge is 0.135 e. The van der Waals surface area contributed by atoms with Crippen molar-refractivity contribution in [2.24, 2.45) is 0 Å². The van der Waals surface area contributed by atoms with E-state index in [4.69, 9.17) is 0 Å². The van der Waals surface area contributed by atoms with Crippen LogP contribution >= 0.6 is 0 Å². The molecule has 0 aromatic carbocycles. The van der Waals surface area contributed by atoms with E-state index in [0.717, 1.165) is 54.8 Å². The zero-order chi connectivity index (χ0) is 15.5. The average molecular weight is 298 g/mol. The van der Waals surface area contributed by atoms with E-state index in [1.54, 1.807) is 6.33 Å². The summed E-state index contributed by atoms with van der Waals surface area (Å²) in [6, 6.07) is 4.01. The van der Waals surface area contributed by atoms with Crippen LogP contribution in [0.3, 0.4) is 0 Å². The normalized spacial score (nSPS) is 18.3. The highest BCUT2D eigenvalue weighted by molar-refractivity contribution is 5.40. The predicted octanol–water partition coefficient (Wildman–Crippen LogP) is 2.31. The molecule has 1 atom stereocenters. The molecule has 116 valence electrons. The topological polar surface area (TPSA) is 66.8 Å². The number of anilines is 2. The van der Waals surface area contributed by atoms with Gasteiger partial charge in [-0.05, 0) is 26.7 Å². The molecule has 0 aliphatic carbocycles. The van der Waals surface area contributed by atoms with Gasteiger partial charge in [-0.1, -0.05) is 0 Å². The summed E-state index contributed by atoms with van der Waals surface area (Å²) in [6.07, 6.45) is 3.88. The molecule has 1 fully saturated rings. The van der Waals surface area contributed by atoms with Gasteiger partial charge in [-0.25, -0.2) is 19.9 Å². The quantitative estimate of drug-likeness (QED) is 0.938. The van der Waals surface area contributed by atoms with E-state index in [1.165, 1.54) is 0 Å². The Morgan fingerprint density at radius 1 is 1.14 bits per heavy atom.